The summed E-state index contributed by atoms with van der Waals surface area (Å²) < 4.78 is 0. The Hall–Kier alpha value is -2.26. The third kappa shape index (κ3) is 8.20. The van der Waals surface area contributed by atoms with Gasteiger partial charge in [-0.05, 0) is 74.7 Å². The largest absolute Gasteiger partial charge is 0.481 e. The number of nitrogens with zero attached hydrogens (tertiary/aromatic N) is 3. The Balaban J connectivity index is 2.10. The summed E-state index contributed by atoms with van der Waals surface area (Å²) in [6.45, 7) is 4.31. The van der Waals surface area contributed by atoms with Gasteiger partial charge in [-0.15, -0.1) is 11.8 Å². The maximum atomic E-state index is 11.0. The van der Waals surface area contributed by atoms with Crippen molar-refractivity contribution in [2.75, 3.05) is 6.54 Å². The minimum atomic E-state index is -0.759. The molecule has 0 heterocycles. The summed E-state index contributed by atoms with van der Waals surface area (Å²) in [5, 5.41) is 34.1. The van der Waals surface area contributed by atoms with Gasteiger partial charge in [-0.1, -0.05) is 48.7 Å². The third-order valence-corrected chi connectivity index (χ3v) is 7.61. The lowest BCUT2D eigenvalue weighted by molar-refractivity contribution is -0.137. The van der Waals surface area contributed by atoms with Crippen LogP contribution in [0.3, 0.4) is 0 Å². The van der Waals surface area contributed by atoms with Crippen molar-refractivity contribution in [2.24, 2.45) is 28.3 Å². The molecule has 34 heavy (non-hydrogen) atoms. The third-order valence-electron chi connectivity index (χ3n) is 7.61. The molecule has 7 heteroatoms. The first-order valence-electron chi connectivity index (χ1n) is 12.7. The maximum absolute atomic E-state index is 11.0. The Morgan fingerprint density at radius 3 is 2.85 bits per heavy atom. The van der Waals surface area contributed by atoms with Crippen molar-refractivity contribution in [2.45, 2.75) is 96.7 Å². The van der Waals surface area contributed by atoms with Crippen LogP contribution >= 0.6 is 0 Å². The number of rotatable bonds is 14. The highest BCUT2D eigenvalue weighted by Gasteiger charge is 2.55. The summed E-state index contributed by atoms with van der Waals surface area (Å²) >= 11 is 0. The molecule has 7 nitrogen and oxygen atoms in total. The van der Waals surface area contributed by atoms with Crippen molar-refractivity contribution >= 4 is 5.97 Å². The van der Waals surface area contributed by atoms with Crippen LogP contribution in [-0.2, 0) is 4.79 Å². The fraction of sp³-hybridized carbons (Fsp3) is 0.741. The number of unbranched alkanes of at least 4 members (excludes halogenated alkanes) is 3. The van der Waals surface area contributed by atoms with E-state index in [-0.39, 0.29) is 23.7 Å². The number of allylic oxidation sites excluding steroid dienone is 2. The molecule has 0 radical (unpaired) electrons. The summed E-state index contributed by atoms with van der Waals surface area (Å²) in [5.74, 6) is 5.50. The zero-order valence-corrected chi connectivity index (χ0v) is 20.7. The Morgan fingerprint density at radius 1 is 1.35 bits per heavy atom. The van der Waals surface area contributed by atoms with Crippen LogP contribution in [0.25, 0.3) is 10.4 Å². The molecule has 188 valence electrons. The van der Waals surface area contributed by atoms with Crippen LogP contribution in [0.2, 0.25) is 0 Å². The van der Waals surface area contributed by atoms with E-state index in [0.29, 0.717) is 25.3 Å². The fourth-order valence-electron chi connectivity index (χ4n) is 5.79. The number of aliphatic hydroxyl groups excluding tert-OH is 2. The number of fused-ring (bicyclic) bond motifs is 1. The van der Waals surface area contributed by atoms with E-state index in [2.05, 4.69) is 27.9 Å². The van der Waals surface area contributed by atoms with Gasteiger partial charge in [0.1, 0.15) is 0 Å². The van der Waals surface area contributed by atoms with E-state index in [0.717, 1.165) is 51.4 Å². The second-order valence-electron chi connectivity index (χ2n) is 10.1. The van der Waals surface area contributed by atoms with E-state index in [1.54, 1.807) is 6.92 Å². The first kappa shape index (κ1) is 28.0. The number of hydrogen-bond donors (Lipinski definition) is 3. The van der Waals surface area contributed by atoms with Gasteiger partial charge in [-0.2, -0.15) is 0 Å². The number of hydrogen-bond acceptors (Lipinski definition) is 4. The van der Waals surface area contributed by atoms with Gasteiger partial charge in [0.05, 0.1) is 12.2 Å². The molecule has 2 rings (SSSR count). The molecule has 0 aromatic carbocycles. The van der Waals surface area contributed by atoms with E-state index in [9.17, 15) is 15.0 Å². The van der Waals surface area contributed by atoms with Gasteiger partial charge in [-0.3, -0.25) is 4.79 Å². The molecule has 2 aliphatic rings. The first-order chi connectivity index (χ1) is 16.3. The maximum Gasteiger partial charge on any atom is 0.303 e. The smallest absolute Gasteiger partial charge is 0.303 e. The zero-order chi connectivity index (χ0) is 25.0. The highest BCUT2D eigenvalue weighted by molar-refractivity contribution is 5.66. The number of aliphatic carboxylic acids is 1. The molecule has 2 saturated carbocycles. The molecule has 0 amide bonds. The van der Waals surface area contributed by atoms with Crippen molar-refractivity contribution in [1.82, 2.24) is 0 Å². The average Bonchev–Trinajstić information content (AvgIpc) is 3.26. The van der Waals surface area contributed by atoms with Crippen molar-refractivity contribution in [1.29, 1.82) is 0 Å². The van der Waals surface area contributed by atoms with Crippen LogP contribution in [0.4, 0.5) is 0 Å². The summed E-state index contributed by atoms with van der Waals surface area (Å²) in [7, 11) is 0. The Bertz CT molecular complexity index is 837. The van der Waals surface area contributed by atoms with E-state index in [4.69, 9.17) is 10.6 Å². The topological polar surface area (TPSA) is 127 Å². The Kier molecular flexibility index (Phi) is 11.7. The molecule has 2 aliphatic carbocycles. The molecule has 2 fully saturated rings. The second-order valence-corrected chi connectivity index (χ2v) is 10.1. The standard InChI is InChI=1S/C27H41N3O4/c1-3-4-10-20(2)24(31)14-13-22-23-17-21(11-6-7-12-26(33)34)18-27(23,19-25(22)32)15-8-5-9-16-29-30-28/h11,13-14,20,22-25,31-32H,5-10,12,15-19H2,1-2H3,(H,33,34)/b14-13+,21-11-/t20?,22-,23-,24-,25-,27+/m1/s1. The van der Waals surface area contributed by atoms with Crippen LogP contribution in [-0.4, -0.2) is 40.0 Å². The van der Waals surface area contributed by atoms with Crippen molar-refractivity contribution in [3.8, 4) is 11.8 Å². The molecule has 0 aliphatic heterocycles. The van der Waals surface area contributed by atoms with Gasteiger partial charge >= 0.3 is 5.97 Å². The van der Waals surface area contributed by atoms with Gasteiger partial charge in [0, 0.05) is 30.2 Å². The molecule has 6 atom stereocenters. The molecule has 0 bridgehead atoms. The summed E-state index contributed by atoms with van der Waals surface area (Å²) in [4.78, 5) is 13.6. The van der Waals surface area contributed by atoms with Crippen LogP contribution in [0.1, 0.15) is 84.5 Å². The lowest BCUT2D eigenvalue weighted by Crippen LogP contribution is -2.23. The lowest BCUT2D eigenvalue weighted by atomic mass is 9.74. The molecule has 1 unspecified atom stereocenters. The van der Waals surface area contributed by atoms with E-state index in [1.807, 2.05) is 19.1 Å². The van der Waals surface area contributed by atoms with Gasteiger partial charge < -0.3 is 15.3 Å². The van der Waals surface area contributed by atoms with Crippen LogP contribution in [0.5, 0.6) is 0 Å². The number of aliphatic hydroxyl groups is 2. The summed E-state index contributed by atoms with van der Waals surface area (Å²) in [6.07, 6.45) is 13.9. The molecule has 3 N–H and O–H groups in total. The van der Waals surface area contributed by atoms with Crippen molar-refractivity contribution < 1.29 is 20.1 Å². The molecule has 0 aromatic heterocycles. The minimum absolute atomic E-state index is 0.00668. The average molecular weight is 472 g/mol. The van der Waals surface area contributed by atoms with Gasteiger partial charge in [0.25, 0.3) is 0 Å². The Morgan fingerprint density at radius 2 is 2.15 bits per heavy atom. The quantitative estimate of drug-likeness (QED) is 0.0740. The highest BCUT2D eigenvalue weighted by atomic mass is 16.4. The van der Waals surface area contributed by atoms with Crippen LogP contribution in [0, 0.1) is 35.0 Å². The number of carboxylic acids is 1. The number of azide groups is 1. The van der Waals surface area contributed by atoms with E-state index < -0.39 is 18.2 Å². The lowest BCUT2D eigenvalue weighted by Gasteiger charge is -2.30. The monoisotopic (exact) mass is 471 g/mol. The summed E-state index contributed by atoms with van der Waals surface area (Å²) in [5.41, 5.74) is 9.87. The van der Waals surface area contributed by atoms with Gasteiger partial charge in [0.2, 0.25) is 0 Å². The van der Waals surface area contributed by atoms with Gasteiger partial charge in [0.15, 0.2) is 0 Å². The van der Waals surface area contributed by atoms with Crippen molar-refractivity contribution in [3.63, 3.8) is 0 Å². The predicted molar refractivity (Wildman–Crippen MR) is 134 cm³/mol. The minimum Gasteiger partial charge on any atom is -0.481 e. The molecule has 0 spiro atoms. The molecular formula is C27H41N3O4. The number of carbonyl (C=O) groups is 1. The summed E-state index contributed by atoms with van der Waals surface area (Å²) in [6, 6.07) is 0. The Labute approximate surface area is 204 Å². The van der Waals surface area contributed by atoms with Gasteiger partial charge in [-0.25, -0.2) is 0 Å². The SMILES string of the molecule is CC#CCC(C)[C@H](O)/C=C/[C@H]1[C@H](O)C[C@]2(CCCCCN=[N+]=[N-])C/C(=C\CCCC(=O)O)C[C@H]12. The van der Waals surface area contributed by atoms with E-state index in [1.165, 1.54) is 5.57 Å². The second kappa shape index (κ2) is 14.2. The highest BCUT2D eigenvalue weighted by Crippen LogP contribution is 2.61. The zero-order valence-electron chi connectivity index (χ0n) is 20.7. The molecule has 0 saturated heterocycles. The van der Waals surface area contributed by atoms with Crippen molar-refractivity contribution in [3.05, 3.63) is 34.2 Å². The fourth-order valence-corrected chi connectivity index (χ4v) is 5.79. The van der Waals surface area contributed by atoms with Crippen LogP contribution in [0.15, 0.2) is 28.9 Å². The van der Waals surface area contributed by atoms with Crippen LogP contribution < -0.4 is 0 Å². The normalized spacial score (nSPS) is 28.8. The predicted octanol–water partition coefficient (Wildman–Crippen LogP) is 5.78. The number of carboxylic acid groups (broad SMARTS) is 1. The first-order valence-corrected chi connectivity index (χ1v) is 12.7. The molecule has 0 aromatic rings. The van der Waals surface area contributed by atoms with E-state index >= 15 is 0 Å². The molecular weight excluding hydrogens is 430 g/mol.